The third kappa shape index (κ3) is 5.50. The lowest BCUT2D eigenvalue weighted by atomic mass is 10.2. The summed E-state index contributed by atoms with van der Waals surface area (Å²) in [7, 11) is 1.37. The molecular weight excluding hydrogens is 198 g/mol. The van der Waals surface area contributed by atoms with Crippen molar-refractivity contribution in [1.82, 2.24) is 0 Å². The van der Waals surface area contributed by atoms with Crippen LogP contribution in [0.1, 0.15) is 27.2 Å². The van der Waals surface area contributed by atoms with Gasteiger partial charge < -0.3 is 10.5 Å². The highest BCUT2D eigenvalue weighted by atomic mass is 32.2. The molecule has 14 heavy (non-hydrogen) atoms. The number of carbonyl (C=O) groups is 1. The van der Waals surface area contributed by atoms with Crippen LogP contribution in [-0.4, -0.2) is 30.1 Å². The Morgan fingerprint density at radius 1 is 1.43 bits per heavy atom. The van der Waals surface area contributed by atoms with E-state index in [-0.39, 0.29) is 5.97 Å². The van der Waals surface area contributed by atoms with Crippen molar-refractivity contribution in [1.29, 1.82) is 0 Å². The summed E-state index contributed by atoms with van der Waals surface area (Å²) in [6.45, 7) is 6.58. The molecule has 0 spiro atoms. The van der Waals surface area contributed by atoms with E-state index in [9.17, 15) is 4.79 Å². The fraction of sp³-hybridized carbons (Fsp3) is 0.900. The Morgan fingerprint density at radius 3 is 2.43 bits per heavy atom. The number of carbonyl (C=O) groups excluding carboxylic acids is 1. The summed E-state index contributed by atoms with van der Waals surface area (Å²) in [5, 5.41) is 0.611. The SMILES string of the molecule is COC(=O)C(N)CCSC(C)C(C)C. The van der Waals surface area contributed by atoms with Crippen molar-refractivity contribution < 1.29 is 9.53 Å². The topological polar surface area (TPSA) is 52.3 Å². The Hall–Kier alpha value is -0.220. The molecule has 2 N–H and O–H groups in total. The number of rotatable bonds is 6. The predicted octanol–water partition coefficient (Wildman–Crippen LogP) is 1.65. The molecule has 0 amide bonds. The van der Waals surface area contributed by atoms with Crippen LogP contribution in [0.15, 0.2) is 0 Å². The lowest BCUT2D eigenvalue weighted by Crippen LogP contribution is -2.32. The van der Waals surface area contributed by atoms with E-state index in [0.717, 1.165) is 5.75 Å². The normalized spacial score (nSPS) is 15.3. The van der Waals surface area contributed by atoms with Gasteiger partial charge in [0.1, 0.15) is 6.04 Å². The molecule has 0 fully saturated rings. The Kier molecular flexibility index (Phi) is 7.01. The number of hydrogen-bond acceptors (Lipinski definition) is 4. The molecule has 0 aliphatic heterocycles. The second kappa shape index (κ2) is 7.12. The number of nitrogens with two attached hydrogens (primary N) is 1. The second-order valence-corrected chi connectivity index (χ2v) is 5.22. The Labute approximate surface area is 90.8 Å². The van der Waals surface area contributed by atoms with E-state index in [1.807, 2.05) is 11.8 Å². The van der Waals surface area contributed by atoms with Gasteiger partial charge in [0.2, 0.25) is 0 Å². The van der Waals surface area contributed by atoms with E-state index >= 15 is 0 Å². The van der Waals surface area contributed by atoms with E-state index < -0.39 is 6.04 Å². The van der Waals surface area contributed by atoms with Crippen LogP contribution in [0.25, 0.3) is 0 Å². The van der Waals surface area contributed by atoms with Crippen LogP contribution < -0.4 is 5.73 Å². The monoisotopic (exact) mass is 219 g/mol. The summed E-state index contributed by atoms with van der Waals surface area (Å²) in [5.41, 5.74) is 5.60. The highest BCUT2D eigenvalue weighted by Gasteiger charge is 2.14. The smallest absolute Gasteiger partial charge is 0.322 e. The summed E-state index contributed by atoms with van der Waals surface area (Å²) in [5.74, 6) is 1.26. The summed E-state index contributed by atoms with van der Waals surface area (Å²) in [6.07, 6.45) is 0.689. The predicted molar refractivity (Wildman–Crippen MR) is 61.4 cm³/mol. The molecule has 0 aliphatic rings. The van der Waals surface area contributed by atoms with Crippen molar-refractivity contribution in [3.8, 4) is 0 Å². The van der Waals surface area contributed by atoms with Crippen LogP contribution in [0.2, 0.25) is 0 Å². The minimum atomic E-state index is -0.466. The van der Waals surface area contributed by atoms with Gasteiger partial charge in [0, 0.05) is 5.25 Å². The van der Waals surface area contributed by atoms with Gasteiger partial charge in [0.25, 0.3) is 0 Å². The van der Waals surface area contributed by atoms with Crippen LogP contribution in [0, 0.1) is 5.92 Å². The van der Waals surface area contributed by atoms with Crippen LogP contribution in [-0.2, 0) is 9.53 Å². The summed E-state index contributed by atoms with van der Waals surface area (Å²) >= 11 is 1.85. The molecule has 0 heterocycles. The first-order chi connectivity index (χ1) is 6.49. The third-order valence-corrected chi connectivity index (χ3v) is 3.79. The maximum absolute atomic E-state index is 11.0. The maximum atomic E-state index is 11.0. The first-order valence-electron chi connectivity index (χ1n) is 4.94. The molecule has 3 nitrogen and oxygen atoms in total. The summed E-state index contributed by atoms with van der Waals surface area (Å²) in [6, 6.07) is -0.466. The minimum absolute atomic E-state index is 0.317. The average Bonchev–Trinajstić information content (AvgIpc) is 2.15. The van der Waals surface area contributed by atoms with Crippen molar-refractivity contribution in [3.05, 3.63) is 0 Å². The van der Waals surface area contributed by atoms with Gasteiger partial charge in [-0.15, -0.1) is 0 Å². The highest BCUT2D eigenvalue weighted by Crippen LogP contribution is 2.19. The number of thioether (sulfide) groups is 1. The van der Waals surface area contributed by atoms with Gasteiger partial charge in [-0.2, -0.15) is 11.8 Å². The van der Waals surface area contributed by atoms with Gasteiger partial charge in [-0.05, 0) is 18.1 Å². The van der Waals surface area contributed by atoms with Crippen LogP contribution in [0.5, 0.6) is 0 Å². The lowest BCUT2D eigenvalue weighted by molar-refractivity contribution is -0.142. The molecule has 0 rings (SSSR count). The zero-order valence-corrected chi connectivity index (χ0v) is 10.3. The first-order valence-corrected chi connectivity index (χ1v) is 5.99. The van der Waals surface area contributed by atoms with Gasteiger partial charge in [-0.25, -0.2) is 0 Å². The zero-order chi connectivity index (χ0) is 11.1. The van der Waals surface area contributed by atoms with Crippen molar-refractivity contribution in [2.24, 2.45) is 11.7 Å². The highest BCUT2D eigenvalue weighted by molar-refractivity contribution is 7.99. The molecular formula is C10H21NO2S. The standard InChI is InChI=1S/C10H21NO2S/c1-7(2)8(3)14-6-5-9(11)10(12)13-4/h7-9H,5-6,11H2,1-4H3. The van der Waals surface area contributed by atoms with Crippen molar-refractivity contribution in [2.75, 3.05) is 12.9 Å². The van der Waals surface area contributed by atoms with E-state index in [4.69, 9.17) is 5.73 Å². The largest absolute Gasteiger partial charge is 0.468 e. The molecule has 0 aromatic carbocycles. The molecule has 0 bridgehead atoms. The second-order valence-electron chi connectivity index (χ2n) is 3.74. The van der Waals surface area contributed by atoms with Crippen molar-refractivity contribution >= 4 is 17.7 Å². The van der Waals surface area contributed by atoms with Gasteiger partial charge in [-0.1, -0.05) is 20.8 Å². The van der Waals surface area contributed by atoms with Crippen LogP contribution in [0.3, 0.4) is 0 Å². The van der Waals surface area contributed by atoms with Gasteiger partial charge >= 0.3 is 5.97 Å². The van der Waals surface area contributed by atoms with E-state index in [1.165, 1.54) is 7.11 Å². The van der Waals surface area contributed by atoms with Gasteiger partial charge in [-0.3, -0.25) is 4.79 Å². The van der Waals surface area contributed by atoms with Crippen molar-refractivity contribution in [3.63, 3.8) is 0 Å². The Balaban J connectivity index is 3.58. The van der Waals surface area contributed by atoms with Crippen LogP contribution in [0.4, 0.5) is 0 Å². The average molecular weight is 219 g/mol. The lowest BCUT2D eigenvalue weighted by Gasteiger charge is -2.15. The van der Waals surface area contributed by atoms with Gasteiger partial charge in [0.05, 0.1) is 7.11 Å². The number of hydrogen-bond donors (Lipinski definition) is 1. The fourth-order valence-electron chi connectivity index (χ4n) is 0.843. The zero-order valence-electron chi connectivity index (χ0n) is 9.45. The van der Waals surface area contributed by atoms with E-state index in [1.54, 1.807) is 0 Å². The van der Waals surface area contributed by atoms with Crippen molar-refractivity contribution in [2.45, 2.75) is 38.5 Å². The molecule has 0 saturated carbocycles. The number of esters is 1. The van der Waals surface area contributed by atoms with Crippen LogP contribution >= 0.6 is 11.8 Å². The summed E-state index contributed by atoms with van der Waals surface area (Å²) < 4.78 is 4.54. The number of ether oxygens (including phenoxy) is 1. The maximum Gasteiger partial charge on any atom is 0.322 e. The molecule has 0 aromatic heterocycles. The number of methoxy groups -OCH3 is 1. The molecule has 0 aliphatic carbocycles. The first kappa shape index (κ1) is 13.8. The molecule has 0 saturated heterocycles. The molecule has 84 valence electrons. The summed E-state index contributed by atoms with van der Waals surface area (Å²) in [4.78, 5) is 11.0. The molecule has 0 radical (unpaired) electrons. The third-order valence-electron chi connectivity index (χ3n) is 2.25. The fourth-order valence-corrected chi connectivity index (χ4v) is 1.99. The van der Waals surface area contributed by atoms with E-state index in [2.05, 4.69) is 25.5 Å². The molecule has 4 heteroatoms. The molecule has 0 aromatic rings. The quantitative estimate of drug-likeness (QED) is 0.690. The molecule has 2 unspecified atom stereocenters. The minimum Gasteiger partial charge on any atom is -0.468 e. The molecule has 2 atom stereocenters. The van der Waals surface area contributed by atoms with Gasteiger partial charge in [0.15, 0.2) is 0 Å². The Bertz CT molecular complexity index is 174. The van der Waals surface area contributed by atoms with E-state index in [0.29, 0.717) is 17.6 Å². The Morgan fingerprint density at radius 2 is 2.00 bits per heavy atom.